The van der Waals surface area contributed by atoms with Crippen LogP contribution in [0, 0.1) is 0 Å². The summed E-state index contributed by atoms with van der Waals surface area (Å²) in [7, 11) is 5.49. The predicted molar refractivity (Wildman–Crippen MR) is 174 cm³/mol. The number of hydrogen-bond donors (Lipinski definition) is 2. The molecule has 3 aromatic carbocycles. The van der Waals surface area contributed by atoms with Crippen molar-refractivity contribution in [2.45, 2.75) is 50.6 Å². The number of H-pyrrole nitrogens is 1. The number of para-hydroxylation sites is 1. The fraction of sp³-hybridized carbons (Fsp3) is 0.324. The summed E-state index contributed by atoms with van der Waals surface area (Å²) in [5.74, 6) is 0.0202. The molecule has 0 saturated heterocycles. The normalized spacial score (nSPS) is 14.2. The highest BCUT2D eigenvalue weighted by atomic mass is 16.5. The molecule has 6 rings (SSSR count). The molecule has 0 spiro atoms. The third-order valence-corrected chi connectivity index (χ3v) is 8.51. The smallest absolute Gasteiger partial charge is 0.248 e. The molecule has 2 heterocycles. The molecular formula is C34H38N8O3. The van der Waals surface area contributed by atoms with Crippen LogP contribution in [0.2, 0.25) is 0 Å². The summed E-state index contributed by atoms with van der Waals surface area (Å²) in [4.78, 5) is 35.9. The van der Waals surface area contributed by atoms with E-state index in [4.69, 9.17) is 4.74 Å². The average molecular weight is 607 g/mol. The van der Waals surface area contributed by atoms with Crippen molar-refractivity contribution >= 4 is 34.1 Å². The first-order chi connectivity index (χ1) is 21.9. The average Bonchev–Trinajstić information content (AvgIpc) is 3.75. The standard InChI is InChI=1S/C34H38N8O3/c1-40(2)26-15-13-23(14-16-26)33(34(44)37-25-9-5-4-6-10-25)42(32(43)19-24-21-35-29-12-8-7-11-28(24)29)27-17-18-30(31(20-27)45-3)41-22-36-38-39-41/h7-8,11-18,20-22,25,33,35H,4-6,9-10,19H2,1-3H3,(H,37,44). The summed E-state index contributed by atoms with van der Waals surface area (Å²) in [6.07, 6.45) is 8.60. The van der Waals surface area contributed by atoms with E-state index < -0.39 is 6.04 Å². The fourth-order valence-corrected chi connectivity index (χ4v) is 6.14. The van der Waals surface area contributed by atoms with Crippen LogP contribution in [0.4, 0.5) is 11.4 Å². The van der Waals surface area contributed by atoms with Crippen LogP contribution >= 0.6 is 0 Å². The molecule has 1 unspecified atom stereocenters. The van der Waals surface area contributed by atoms with Gasteiger partial charge in [-0.2, -0.15) is 4.68 Å². The molecule has 45 heavy (non-hydrogen) atoms. The SMILES string of the molecule is COc1cc(N(C(=O)Cc2c[nH]c3ccccc23)C(C(=O)NC2CCCCC2)c2ccc(N(C)C)cc2)ccc1-n1cnnn1. The minimum atomic E-state index is -0.926. The largest absolute Gasteiger partial charge is 0.494 e. The first-order valence-corrected chi connectivity index (χ1v) is 15.3. The number of anilines is 2. The van der Waals surface area contributed by atoms with Gasteiger partial charge in [-0.05, 0) is 64.7 Å². The van der Waals surface area contributed by atoms with E-state index in [0.717, 1.165) is 47.8 Å². The summed E-state index contributed by atoms with van der Waals surface area (Å²) in [6.45, 7) is 0. The number of methoxy groups -OCH3 is 1. The molecule has 2 aromatic heterocycles. The lowest BCUT2D eigenvalue weighted by molar-refractivity contribution is -0.127. The lowest BCUT2D eigenvalue weighted by Crippen LogP contribution is -2.47. The number of aromatic amines is 1. The van der Waals surface area contributed by atoms with Crippen LogP contribution in [0.3, 0.4) is 0 Å². The Morgan fingerprint density at radius 3 is 2.49 bits per heavy atom. The third-order valence-electron chi connectivity index (χ3n) is 8.51. The predicted octanol–water partition coefficient (Wildman–Crippen LogP) is 4.98. The lowest BCUT2D eigenvalue weighted by Gasteiger charge is -2.34. The Labute approximate surface area is 262 Å². The summed E-state index contributed by atoms with van der Waals surface area (Å²) < 4.78 is 7.24. The highest BCUT2D eigenvalue weighted by Gasteiger charge is 2.35. The molecule has 1 aliphatic carbocycles. The number of nitrogens with one attached hydrogen (secondary N) is 2. The molecule has 2 amide bonds. The Kier molecular flexibility index (Phi) is 8.77. The Morgan fingerprint density at radius 2 is 1.78 bits per heavy atom. The maximum absolute atomic E-state index is 14.6. The van der Waals surface area contributed by atoms with Gasteiger partial charge in [-0.25, -0.2) is 0 Å². The molecule has 232 valence electrons. The van der Waals surface area contributed by atoms with Gasteiger partial charge in [0.2, 0.25) is 11.8 Å². The molecule has 1 fully saturated rings. The molecule has 1 aliphatic rings. The molecule has 0 bridgehead atoms. The second kappa shape index (κ2) is 13.2. The van der Waals surface area contributed by atoms with Crippen molar-refractivity contribution < 1.29 is 14.3 Å². The van der Waals surface area contributed by atoms with Gasteiger partial charge in [-0.1, -0.05) is 49.6 Å². The van der Waals surface area contributed by atoms with Crippen LogP contribution in [0.15, 0.2) is 79.3 Å². The monoisotopic (exact) mass is 606 g/mol. The highest BCUT2D eigenvalue weighted by Crippen LogP contribution is 2.35. The molecule has 2 N–H and O–H groups in total. The number of amides is 2. The quantitative estimate of drug-likeness (QED) is 0.230. The Hall–Kier alpha value is -5.19. The topological polar surface area (TPSA) is 121 Å². The number of fused-ring (bicyclic) bond motifs is 1. The number of carbonyl (C=O) groups is 2. The van der Waals surface area contributed by atoms with Gasteiger partial charge in [0.05, 0.1) is 13.5 Å². The van der Waals surface area contributed by atoms with Crippen molar-refractivity contribution in [2.75, 3.05) is 31.0 Å². The maximum atomic E-state index is 14.6. The van der Waals surface area contributed by atoms with Crippen molar-refractivity contribution in [3.05, 3.63) is 90.4 Å². The zero-order valence-corrected chi connectivity index (χ0v) is 25.8. The molecule has 11 heteroatoms. The summed E-state index contributed by atoms with van der Waals surface area (Å²) in [5.41, 5.74) is 4.64. The second-order valence-electron chi connectivity index (χ2n) is 11.6. The number of carbonyl (C=O) groups excluding carboxylic acids is 2. The summed E-state index contributed by atoms with van der Waals surface area (Å²) in [6, 6.07) is 20.2. The number of rotatable bonds is 10. The first-order valence-electron chi connectivity index (χ1n) is 15.3. The number of benzene rings is 3. The maximum Gasteiger partial charge on any atom is 0.248 e. The van der Waals surface area contributed by atoms with E-state index in [1.54, 1.807) is 24.1 Å². The number of aromatic nitrogens is 5. The third kappa shape index (κ3) is 6.38. The van der Waals surface area contributed by atoms with E-state index in [9.17, 15) is 9.59 Å². The fourth-order valence-electron chi connectivity index (χ4n) is 6.14. The minimum Gasteiger partial charge on any atom is -0.494 e. The van der Waals surface area contributed by atoms with Gasteiger partial charge in [0.1, 0.15) is 23.8 Å². The van der Waals surface area contributed by atoms with Gasteiger partial charge >= 0.3 is 0 Å². The van der Waals surface area contributed by atoms with E-state index in [0.29, 0.717) is 22.7 Å². The molecule has 0 aliphatic heterocycles. The Bertz CT molecular complexity index is 1760. The van der Waals surface area contributed by atoms with Crippen molar-refractivity contribution in [1.29, 1.82) is 0 Å². The van der Waals surface area contributed by atoms with E-state index in [2.05, 4.69) is 25.8 Å². The summed E-state index contributed by atoms with van der Waals surface area (Å²) >= 11 is 0. The van der Waals surface area contributed by atoms with E-state index in [1.165, 1.54) is 17.4 Å². The number of hydrogen-bond acceptors (Lipinski definition) is 7. The highest BCUT2D eigenvalue weighted by molar-refractivity contribution is 6.03. The lowest BCUT2D eigenvalue weighted by atomic mass is 9.94. The van der Waals surface area contributed by atoms with Gasteiger partial charge in [0.25, 0.3) is 0 Å². The number of ether oxygens (including phenoxy) is 1. The van der Waals surface area contributed by atoms with Gasteiger partial charge in [0, 0.05) is 54.7 Å². The Balaban J connectivity index is 1.46. The van der Waals surface area contributed by atoms with Gasteiger partial charge in [0.15, 0.2) is 0 Å². The zero-order valence-electron chi connectivity index (χ0n) is 25.8. The van der Waals surface area contributed by atoms with E-state index in [-0.39, 0.29) is 24.3 Å². The Morgan fingerprint density at radius 1 is 1.02 bits per heavy atom. The van der Waals surface area contributed by atoms with E-state index >= 15 is 0 Å². The van der Waals surface area contributed by atoms with Crippen molar-refractivity contribution in [1.82, 2.24) is 30.5 Å². The molecule has 1 saturated carbocycles. The zero-order chi connectivity index (χ0) is 31.3. The van der Waals surface area contributed by atoms with Crippen LogP contribution < -0.4 is 19.9 Å². The van der Waals surface area contributed by atoms with Crippen LogP contribution in [-0.2, 0) is 16.0 Å². The van der Waals surface area contributed by atoms with Crippen LogP contribution in [-0.4, -0.2) is 64.3 Å². The minimum absolute atomic E-state index is 0.0668. The van der Waals surface area contributed by atoms with Gasteiger partial charge in [-0.15, -0.1) is 5.10 Å². The van der Waals surface area contributed by atoms with Crippen molar-refractivity contribution in [3.8, 4) is 11.4 Å². The number of tetrazole rings is 1. The van der Waals surface area contributed by atoms with Gasteiger partial charge < -0.3 is 19.9 Å². The second-order valence-corrected chi connectivity index (χ2v) is 11.6. The van der Waals surface area contributed by atoms with Crippen molar-refractivity contribution in [3.63, 3.8) is 0 Å². The van der Waals surface area contributed by atoms with Crippen molar-refractivity contribution in [2.24, 2.45) is 0 Å². The number of nitrogens with zero attached hydrogens (tertiary/aromatic N) is 6. The van der Waals surface area contributed by atoms with Crippen LogP contribution in [0.5, 0.6) is 5.75 Å². The van der Waals surface area contributed by atoms with Crippen LogP contribution in [0.25, 0.3) is 16.6 Å². The van der Waals surface area contributed by atoms with Crippen LogP contribution in [0.1, 0.15) is 49.3 Å². The summed E-state index contributed by atoms with van der Waals surface area (Å²) in [5, 5.41) is 15.8. The molecule has 0 radical (unpaired) electrons. The molecule has 5 aromatic rings. The molecule has 11 nitrogen and oxygen atoms in total. The molecular weight excluding hydrogens is 568 g/mol. The molecule has 1 atom stereocenters. The van der Waals surface area contributed by atoms with E-state index in [1.807, 2.05) is 79.8 Å². The first kappa shape index (κ1) is 29.9. The van der Waals surface area contributed by atoms with Gasteiger partial charge in [-0.3, -0.25) is 14.5 Å².